The quantitative estimate of drug-likeness (QED) is 0.190. The summed E-state index contributed by atoms with van der Waals surface area (Å²) < 4.78 is 19.7. The van der Waals surface area contributed by atoms with Crippen LogP contribution >= 0.6 is 0 Å². The molecule has 0 fully saturated rings. The van der Waals surface area contributed by atoms with E-state index in [9.17, 15) is 0 Å². The van der Waals surface area contributed by atoms with Crippen LogP contribution in [0.3, 0.4) is 0 Å². The lowest BCUT2D eigenvalue weighted by atomic mass is 9.94. The summed E-state index contributed by atoms with van der Waals surface area (Å²) in [5.41, 5.74) is 13.4. The van der Waals surface area contributed by atoms with Gasteiger partial charge in [0.05, 0.1) is 16.8 Å². The zero-order valence-electron chi connectivity index (χ0n) is 27.3. The van der Waals surface area contributed by atoms with E-state index in [0.717, 1.165) is 111 Å². The molecule has 4 aromatic heterocycles. The van der Waals surface area contributed by atoms with Crippen molar-refractivity contribution in [1.82, 2.24) is 4.98 Å². The fraction of sp³-hybridized carbons (Fsp3) is 0. The van der Waals surface area contributed by atoms with Crippen LogP contribution < -0.4 is 0 Å². The fourth-order valence-corrected chi connectivity index (χ4v) is 7.72. The lowest BCUT2D eigenvalue weighted by Crippen LogP contribution is -1.91. The van der Waals surface area contributed by atoms with Crippen molar-refractivity contribution >= 4 is 65.8 Å². The van der Waals surface area contributed by atoms with Gasteiger partial charge in [-0.05, 0) is 64.7 Å². The van der Waals surface area contributed by atoms with Crippen LogP contribution in [-0.4, -0.2) is 4.98 Å². The summed E-state index contributed by atoms with van der Waals surface area (Å²) >= 11 is 0. The lowest BCUT2D eigenvalue weighted by Gasteiger charge is -2.11. The number of para-hydroxylation sites is 2. The molecule has 11 rings (SSSR count). The van der Waals surface area contributed by atoms with E-state index in [2.05, 4.69) is 109 Å². The van der Waals surface area contributed by atoms with Crippen molar-refractivity contribution in [3.8, 4) is 44.8 Å². The molecule has 0 amide bonds. The van der Waals surface area contributed by atoms with E-state index in [4.69, 9.17) is 18.2 Å². The largest absolute Gasteiger partial charge is 0.456 e. The average Bonchev–Trinajstić information content (AvgIpc) is 3.89. The number of pyridine rings is 1. The number of hydrogen-bond acceptors (Lipinski definition) is 4. The van der Waals surface area contributed by atoms with Crippen LogP contribution in [0.5, 0.6) is 0 Å². The van der Waals surface area contributed by atoms with E-state index < -0.39 is 0 Å². The Morgan fingerprint density at radius 3 is 1.51 bits per heavy atom. The van der Waals surface area contributed by atoms with E-state index in [1.54, 1.807) is 0 Å². The second kappa shape index (κ2) is 10.8. The molecule has 0 atom stereocenters. The van der Waals surface area contributed by atoms with Gasteiger partial charge < -0.3 is 13.3 Å². The summed E-state index contributed by atoms with van der Waals surface area (Å²) in [5, 5.41) is 6.22. The van der Waals surface area contributed by atoms with Gasteiger partial charge in [-0.1, -0.05) is 121 Å². The van der Waals surface area contributed by atoms with Crippen LogP contribution in [-0.2, 0) is 0 Å². The molecule has 0 aliphatic carbocycles. The van der Waals surface area contributed by atoms with Crippen molar-refractivity contribution in [2.75, 3.05) is 0 Å². The molecule has 0 aliphatic heterocycles. The van der Waals surface area contributed by atoms with Gasteiger partial charge in [-0.15, -0.1) is 0 Å². The van der Waals surface area contributed by atoms with Crippen LogP contribution in [0, 0.1) is 0 Å². The van der Waals surface area contributed by atoms with Crippen molar-refractivity contribution in [3.05, 3.63) is 164 Å². The minimum Gasteiger partial charge on any atom is -0.456 e. The van der Waals surface area contributed by atoms with Gasteiger partial charge in [0.25, 0.3) is 0 Å². The van der Waals surface area contributed by atoms with Crippen molar-refractivity contribution in [1.29, 1.82) is 0 Å². The van der Waals surface area contributed by atoms with Crippen molar-refractivity contribution in [3.63, 3.8) is 0 Å². The second-order valence-electron chi connectivity index (χ2n) is 13.0. The Bertz CT molecular complexity index is 3050. The van der Waals surface area contributed by atoms with Gasteiger partial charge >= 0.3 is 0 Å². The minimum absolute atomic E-state index is 0.780. The van der Waals surface area contributed by atoms with Gasteiger partial charge in [0, 0.05) is 38.1 Å². The van der Waals surface area contributed by atoms with E-state index in [1.807, 2.05) is 54.6 Å². The highest BCUT2D eigenvalue weighted by Gasteiger charge is 2.23. The molecule has 0 aliphatic rings. The zero-order chi connectivity index (χ0) is 33.5. The lowest BCUT2D eigenvalue weighted by molar-refractivity contribution is 0.660. The van der Waals surface area contributed by atoms with Gasteiger partial charge in [-0.3, -0.25) is 0 Å². The Balaban J connectivity index is 1.12. The Kier molecular flexibility index (Phi) is 5.92. The van der Waals surface area contributed by atoms with Crippen molar-refractivity contribution in [2.24, 2.45) is 0 Å². The van der Waals surface area contributed by atoms with Crippen molar-refractivity contribution < 1.29 is 13.3 Å². The summed E-state index contributed by atoms with van der Waals surface area (Å²) in [4.78, 5) is 5.07. The van der Waals surface area contributed by atoms with E-state index in [0.29, 0.717) is 0 Å². The van der Waals surface area contributed by atoms with Gasteiger partial charge in [0.1, 0.15) is 33.5 Å². The molecule has 0 N–H and O–H groups in total. The molecule has 51 heavy (non-hydrogen) atoms. The second-order valence-corrected chi connectivity index (χ2v) is 13.0. The number of fused-ring (bicyclic) bond motifs is 11. The van der Waals surface area contributed by atoms with Gasteiger partial charge in [-0.25, -0.2) is 4.98 Å². The normalized spacial score (nSPS) is 11.9. The highest BCUT2D eigenvalue weighted by Crippen LogP contribution is 2.47. The van der Waals surface area contributed by atoms with Gasteiger partial charge in [0.15, 0.2) is 0 Å². The van der Waals surface area contributed by atoms with Crippen LogP contribution in [0.25, 0.3) is 111 Å². The first-order chi connectivity index (χ1) is 25.3. The first kappa shape index (κ1) is 28.0. The number of aromatic nitrogens is 1. The zero-order valence-corrected chi connectivity index (χ0v) is 27.3. The number of nitrogens with zero attached hydrogens (tertiary/aromatic N) is 1. The third-order valence-electron chi connectivity index (χ3n) is 10.1. The summed E-state index contributed by atoms with van der Waals surface area (Å²) in [6.07, 6.45) is 0. The van der Waals surface area contributed by atoms with Crippen LogP contribution in [0.4, 0.5) is 0 Å². The molecule has 11 aromatic rings. The minimum atomic E-state index is 0.780. The number of rotatable bonds is 4. The molecule has 7 aromatic carbocycles. The number of furan rings is 3. The maximum Gasteiger partial charge on any atom is 0.147 e. The van der Waals surface area contributed by atoms with E-state index >= 15 is 0 Å². The molecule has 0 unspecified atom stereocenters. The topological polar surface area (TPSA) is 52.3 Å². The van der Waals surface area contributed by atoms with Crippen LogP contribution in [0.1, 0.15) is 0 Å². The maximum atomic E-state index is 6.74. The summed E-state index contributed by atoms with van der Waals surface area (Å²) in [7, 11) is 0. The fourth-order valence-electron chi connectivity index (χ4n) is 7.72. The SMILES string of the molecule is c1ccc(-c2cc(-c3ccc(-c4cc5oc6ccc7oc8ccccc8c7c6c5c5oc6ccccc6c45)cc3)cc(-c3ccccc3)n2)cc1. The van der Waals surface area contributed by atoms with E-state index in [1.165, 1.54) is 0 Å². The monoisotopic (exact) mass is 653 g/mol. The Labute approximate surface area is 291 Å². The molecule has 0 radical (unpaired) electrons. The summed E-state index contributed by atoms with van der Waals surface area (Å²) in [6.45, 7) is 0. The smallest absolute Gasteiger partial charge is 0.147 e. The molecule has 4 heterocycles. The molecule has 0 spiro atoms. The molecule has 4 heteroatoms. The van der Waals surface area contributed by atoms with Crippen molar-refractivity contribution in [2.45, 2.75) is 0 Å². The van der Waals surface area contributed by atoms with Crippen LogP contribution in [0.15, 0.2) is 177 Å². The summed E-state index contributed by atoms with van der Waals surface area (Å²) in [6, 6.07) is 56.5. The average molecular weight is 654 g/mol. The molecular formula is C47H27NO3. The highest BCUT2D eigenvalue weighted by molar-refractivity contribution is 6.33. The molecule has 0 saturated carbocycles. The molecule has 238 valence electrons. The highest BCUT2D eigenvalue weighted by atomic mass is 16.3. The Morgan fingerprint density at radius 1 is 0.314 bits per heavy atom. The predicted molar refractivity (Wildman–Crippen MR) is 208 cm³/mol. The number of hydrogen-bond donors (Lipinski definition) is 0. The first-order valence-electron chi connectivity index (χ1n) is 17.1. The van der Waals surface area contributed by atoms with Crippen LogP contribution in [0.2, 0.25) is 0 Å². The third kappa shape index (κ3) is 4.30. The standard InChI is InChI=1S/C47H27NO3/c1-3-11-30(12-4-1)36-25-32(26-37(48-36)31-13-5-2-6-14-31)28-19-21-29(22-20-28)35-27-42-46(47-43(35)33-15-7-10-18-39(33)51-47)45-41(50-42)24-23-40-44(45)34-16-8-9-17-38(34)49-40/h1-27H. The Hall–Kier alpha value is -6.91. The number of benzene rings is 7. The summed E-state index contributed by atoms with van der Waals surface area (Å²) in [5.74, 6) is 0. The Morgan fingerprint density at radius 2 is 0.843 bits per heavy atom. The van der Waals surface area contributed by atoms with E-state index in [-0.39, 0.29) is 0 Å². The predicted octanol–water partition coefficient (Wildman–Crippen LogP) is 13.4. The first-order valence-corrected chi connectivity index (χ1v) is 17.1. The molecular weight excluding hydrogens is 627 g/mol. The maximum absolute atomic E-state index is 6.74. The van der Waals surface area contributed by atoms with Gasteiger partial charge in [0.2, 0.25) is 0 Å². The molecule has 4 nitrogen and oxygen atoms in total. The third-order valence-corrected chi connectivity index (χ3v) is 10.1. The molecule has 0 saturated heterocycles. The molecule has 0 bridgehead atoms. The van der Waals surface area contributed by atoms with Gasteiger partial charge in [-0.2, -0.15) is 0 Å².